The van der Waals surface area contributed by atoms with Crippen LogP contribution in [0.4, 0.5) is 0 Å². The summed E-state index contributed by atoms with van der Waals surface area (Å²) in [6.07, 6.45) is 0.789. The average Bonchev–Trinajstić information content (AvgIpc) is 2.28. The van der Waals surface area contributed by atoms with Crippen LogP contribution in [0.2, 0.25) is 0 Å². The second kappa shape index (κ2) is 5.39. The maximum atomic E-state index is 11.8. The lowest BCUT2D eigenvalue weighted by molar-refractivity contribution is -0.115. The van der Waals surface area contributed by atoms with Gasteiger partial charge in [-0.3, -0.25) is 9.59 Å². The van der Waals surface area contributed by atoms with Gasteiger partial charge in [0.15, 0.2) is 0 Å². The number of carbonyl (C=O) groups excluding carboxylic acids is 2. The maximum absolute atomic E-state index is 11.8. The van der Waals surface area contributed by atoms with Gasteiger partial charge in [0.2, 0.25) is 11.6 Å². The molecule has 0 spiro atoms. The van der Waals surface area contributed by atoms with Crippen molar-refractivity contribution in [3.8, 4) is 0 Å². The third-order valence-corrected chi connectivity index (χ3v) is 2.46. The van der Waals surface area contributed by atoms with Gasteiger partial charge in [-0.25, -0.2) is 4.79 Å². The molecule has 0 aliphatic carbocycles. The van der Waals surface area contributed by atoms with Crippen molar-refractivity contribution in [3.63, 3.8) is 0 Å². The van der Waals surface area contributed by atoms with Gasteiger partial charge in [0.1, 0.15) is 0 Å². The lowest BCUT2D eigenvalue weighted by Crippen LogP contribution is -2.15. The second-order valence-electron chi connectivity index (χ2n) is 3.84. The molecule has 4 nitrogen and oxygen atoms in total. The molecule has 1 aromatic carbocycles. The zero-order chi connectivity index (χ0) is 13.0. The van der Waals surface area contributed by atoms with Crippen molar-refractivity contribution in [2.75, 3.05) is 0 Å². The van der Waals surface area contributed by atoms with E-state index in [0.29, 0.717) is 12.0 Å². The Morgan fingerprint density at radius 2 is 1.88 bits per heavy atom. The molecule has 0 fully saturated rings. The van der Waals surface area contributed by atoms with E-state index < -0.39 is 17.5 Å². The molecule has 0 heterocycles. The summed E-state index contributed by atoms with van der Waals surface area (Å²) in [5.74, 6) is -2.19. The molecular weight excluding hydrogens is 220 g/mol. The summed E-state index contributed by atoms with van der Waals surface area (Å²) in [5, 5.41) is 8.83. The Labute approximate surface area is 99.3 Å². The Hall–Kier alpha value is -1.97. The van der Waals surface area contributed by atoms with E-state index in [0.717, 1.165) is 0 Å². The number of rotatable bonds is 5. The molecule has 0 saturated carbocycles. The zero-order valence-corrected chi connectivity index (χ0v) is 9.82. The molecule has 0 saturated heterocycles. The van der Waals surface area contributed by atoms with Crippen LogP contribution in [0.3, 0.4) is 0 Å². The summed E-state index contributed by atoms with van der Waals surface area (Å²) >= 11 is 0. The molecule has 0 amide bonds. The van der Waals surface area contributed by atoms with E-state index in [-0.39, 0.29) is 17.5 Å². The molecule has 0 aromatic heterocycles. The van der Waals surface area contributed by atoms with Crippen molar-refractivity contribution < 1.29 is 19.5 Å². The number of carboxylic acids is 1. The normalized spacial score (nSPS) is 10.0. The molecule has 0 bridgehead atoms. The fourth-order valence-electron chi connectivity index (χ4n) is 1.49. The molecule has 1 rings (SSSR count). The molecule has 0 atom stereocenters. The molecule has 0 aliphatic rings. The minimum absolute atomic E-state index is 0.0169. The van der Waals surface area contributed by atoms with Crippen molar-refractivity contribution in [1.82, 2.24) is 0 Å². The average molecular weight is 234 g/mol. The van der Waals surface area contributed by atoms with Gasteiger partial charge in [-0.1, -0.05) is 13.0 Å². The minimum Gasteiger partial charge on any atom is -0.478 e. The predicted molar refractivity (Wildman–Crippen MR) is 62.4 cm³/mol. The molecule has 0 aliphatic heterocycles. The van der Waals surface area contributed by atoms with Crippen molar-refractivity contribution in [2.45, 2.75) is 26.7 Å². The van der Waals surface area contributed by atoms with Crippen LogP contribution in [-0.4, -0.2) is 22.6 Å². The van der Waals surface area contributed by atoms with Crippen LogP contribution < -0.4 is 0 Å². The molecule has 0 radical (unpaired) electrons. The third kappa shape index (κ3) is 3.00. The summed E-state index contributed by atoms with van der Waals surface area (Å²) in [6, 6.07) is 4.21. The molecule has 90 valence electrons. The van der Waals surface area contributed by atoms with E-state index in [2.05, 4.69) is 0 Å². The lowest BCUT2D eigenvalue weighted by atomic mass is 9.98. The fraction of sp³-hybridized carbons (Fsp3) is 0.308. The Balaban J connectivity index is 3.12. The highest BCUT2D eigenvalue weighted by Gasteiger charge is 2.18. The van der Waals surface area contributed by atoms with Gasteiger partial charge >= 0.3 is 5.97 Å². The van der Waals surface area contributed by atoms with E-state index in [1.807, 2.05) is 6.92 Å². The summed E-state index contributed by atoms with van der Waals surface area (Å²) < 4.78 is 0. The highest BCUT2D eigenvalue weighted by atomic mass is 16.4. The highest BCUT2D eigenvalue weighted by molar-refractivity contribution is 6.44. The quantitative estimate of drug-likeness (QED) is 0.626. The van der Waals surface area contributed by atoms with Gasteiger partial charge in [0.25, 0.3) is 0 Å². The Bertz CT molecular complexity index is 474. The standard InChI is InChI=1S/C13H14O4/c1-3-4-11(14)12(15)10-7-9(13(16)17)6-5-8(10)2/h5-7H,3-4H2,1-2H3,(H,16,17). The van der Waals surface area contributed by atoms with Crippen molar-refractivity contribution >= 4 is 17.5 Å². The first-order chi connectivity index (χ1) is 7.97. The number of ketones is 2. The number of benzene rings is 1. The van der Waals surface area contributed by atoms with Crippen LogP contribution in [-0.2, 0) is 4.79 Å². The SMILES string of the molecule is CCCC(=O)C(=O)c1cc(C(=O)O)ccc1C. The predicted octanol–water partition coefficient (Wildman–Crippen LogP) is 2.25. The third-order valence-electron chi connectivity index (χ3n) is 2.46. The van der Waals surface area contributed by atoms with E-state index in [1.54, 1.807) is 6.92 Å². The Morgan fingerprint density at radius 1 is 1.24 bits per heavy atom. The first kappa shape index (κ1) is 13.1. The van der Waals surface area contributed by atoms with E-state index >= 15 is 0 Å². The summed E-state index contributed by atoms with van der Waals surface area (Å²) in [4.78, 5) is 34.1. The monoisotopic (exact) mass is 234 g/mol. The number of carbonyl (C=O) groups is 3. The Kier molecular flexibility index (Phi) is 4.15. The van der Waals surface area contributed by atoms with Gasteiger partial charge in [0, 0.05) is 12.0 Å². The van der Waals surface area contributed by atoms with Gasteiger partial charge < -0.3 is 5.11 Å². The van der Waals surface area contributed by atoms with Gasteiger partial charge in [0.05, 0.1) is 5.56 Å². The smallest absolute Gasteiger partial charge is 0.335 e. The largest absolute Gasteiger partial charge is 0.478 e. The number of Topliss-reactive ketones (excluding diaryl/α,β-unsaturated/α-hetero) is 2. The van der Waals surface area contributed by atoms with Gasteiger partial charge in [-0.05, 0) is 31.0 Å². The zero-order valence-electron chi connectivity index (χ0n) is 9.82. The van der Waals surface area contributed by atoms with Gasteiger partial charge in [-0.2, -0.15) is 0 Å². The number of hydrogen-bond donors (Lipinski definition) is 1. The van der Waals surface area contributed by atoms with Crippen molar-refractivity contribution in [1.29, 1.82) is 0 Å². The van der Waals surface area contributed by atoms with Crippen LogP contribution in [0, 0.1) is 6.92 Å². The first-order valence-corrected chi connectivity index (χ1v) is 5.38. The van der Waals surface area contributed by atoms with Crippen molar-refractivity contribution in [3.05, 3.63) is 34.9 Å². The molecule has 1 N–H and O–H groups in total. The van der Waals surface area contributed by atoms with Crippen LogP contribution in [0.15, 0.2) is 18.2 Å². The lowest BCUT2D eigenvalue weighted by Gasteiger charge is -2.05. The minimum atomic E-state index is -1.11. The van der Waals surface area contributed by atoms with Crippen LogP contribution in [0.5, 0.6) is 0 Å². The number of aryl methyl sites for hydroxylation is 1. The molecule has 4 heteroatoms. The molecule has 1 aromatic rings. The number of aromatic carboxylic acids is 1. The number of hydrogen-bond acceptors (Lipinski definition) is 3. The summed E-state index contributed by atoms with van der Waals surface area (Å²) in [7, 11) is 0. The Morgan fingerprint density at radius 3 is 2.41 bits per heavy atom. The van der Waals surface area contributed by atoms with E-state index in [1.165, 1.54) is 18.2 Å². The fourth-order valence-corrected chi connectivity index (χ4v) is 1.49. The van der Waals surface area contributed by atoms with Crippen LogP contribution in [0.25, 0.3) is 0 Å². The molecule has 0 unspecified atom stereocenters. The van der Waals surface area contributed by atoms with Crippen LogP contribution >= 0.6 is 0 Å². The van der Waals surface area contributed by atoms with E-state index in [9.17, 15) is 14.4 Å². The molecule has 17 heavy (non-hydrogen) atoms. The topological polar surface area (TPSA) is 71.4 Å². The maximum Gasteiger partial charge on any atom is 0.335 e. The summed E-state index contributed by atoms with van der Waals surface area (Å²) in [6.45, 7) is 3.49. The second-order valence-corrected chi connectivity index (χ2v) is 3.84. The number of carboxylic acid groups (broad SMARTS) is 1. The first-order valence-electron chi connectivity index (χ1n) is 5.38. The molecular formula is C13H14O4. The van der Waals surface area contributed by atoms with E-state index in [4.69, 9.17) is 5.11 Å². The van der Waals surface area contributed by atoms with Crippen LogP contribution in [0.1, 0.15) is 46.0 Å². The summed E-state index contributed by atoms with van der Waals surface area (Å²) in [5.41, 5.74) is 0.816. The van der Waals surface area contributed by atoms with Crippen molar-refractivity contribution in [2.24, 2.45) is 0 Å². The highest BCUT2D eigenvalue weighted by Crippen LogP contribution is 2.13. The van der Waals surface area contributed by atoms with Gasteiger partial charge in [-0.15, -0.1) is 0 Å².